The number of aromatic amines is 1. The standard InChI is InChI=1S/C23H16Cl2F3N3O2/c24-17-7-5-13(9-18(17)25)12-31-20-8-6-14(10-19(20)30-22(31)33)21(32)29-11-15-3-1-2-4-16(15)23(26,27)28/h1-10H,11-12H2,(H,29,32)(H,30,33). The van der Waals surface area contributed by atoms with Crippen molar-refractivity contribution in [1.82, 2.24) is 14.9 Å². The van der Waals surface area contributed by atoms with E-state index in [1.807, 2.05) is 0 Å². The topological polar surface area (TPSA) is 66.9 Å². The summed E-state index contributed by atoms with van der Waals surface area (Å²) in [5.74, 6) is -0.563. The number of hydrogen-bond acceptors (Lipinski definition) is 2. The van der Waals surface area contributed by atoms with Crippen LogP contribution in [0, 0.1) is 0 Å². The molecule has 4 rings (SSSR count). The van der Waals surface area contributed by atoms with E-state index in [9.17, 15) is 22.8 Å². The molecule has 33 heavy (non-hydrogen) atoms. The molecule has 0 atom stereocenters. The van der Waals surface area contributed by atoms with Gasteiger partial charge in [0.1, 0.15) is 0 Å². The Bertz CT molecular complexity index is 1410. The first kappa shape index (κ1) is 22.9. The van der Waals surface area contributed by atoms with Crippen LogP contribution in [0.2, 0.25) is 10.0 Å². The van der Waals surface area contributed by atoms with Gasteiger partial charge in [0.15, 0.2) is 0 Å². The van der Waals surface area contributed by atoms with Crippen LogP contribution in [-0.2, 0) is 19.3 Å². The van der Waals surface area contributed by atoms with Crippen molar-refractivity contribution >= 4 is 40.1 Å². The van der Waals surface area contributed by atoms with Crippen molar-refractivity contribution in [3.05, 3.63) is 103 Å². The first-order chi connectivity index (χ1) is 15.6. The molecule has 1 heterocycles. The molecule has 0 bridgehead atoms. The molecule has 0 aliphatic rings. The van der Waals surface area contributed by atoms with Gasteiger partial charge in [0.05, 0.1) is 33.2 Å². The number of benzene rings is 3. The van der Waals surface area contributed by atoms with Crippen LogP contribution in [0.5, 0.6) is 0 Å². The van der Waals surface area contributed by atoms with E-state index in [-0.39, 0.29) is 29.9 Å². The van der Waals surface area contributed by atoms with Crippen molar-refractivity contribution in [1.29, 1.82) is 0 Å². The zero-order valence-corrected chi connectivity index (χ0v) is 18.4. The van der Waals surface area contributed by atoms with Crippen molar-refractivity contribution in [3.8, 4) is 0 Å². The predicted octanol–water partition coefficient (Wildman–Crippen LogP) is 5.63. The lowest BCUT2D eigenvalue weighted by atomic mass is 10.1. The minimum atomic E-state index is -4.52. The van der Waals surface area contributed by atoms with E-state index >= 15 is 0 Å². The van der Waals surface area contributed by atoms with E-state index < -0.39 is 17.6 Å². The molecule has 0 aliphatic carbocycles. The van der Waals surface area contributed by atoms with Gasteiger partial charge in [-0.1, -0.05) is 47.5 Å². The molecule has 0 saturated carbocycles. The molecule has 2 N–H and O–H groups in total. The highest BCUT2D eigenvalue weighted by atomic mass is 35.5. The van der Waals surface area contributed by atoms with Gasteiger partial charge in [-0.25, -0.2) is 4.79 Å². The Morgan fingerprint density at radius 2 is 1.76 bits per heavy atom. The molecule has 0 unspecified atom stereocenters. The Balaban J connectivity index is 1.55. The summed E-state index contributed by atoms with van der Waals surface area (Å²) in [6.45, 7) is -0.0586. The molecule has 0 spiro atoms. The molecule has 0 fully saturated rings. The molecule has 10 heteroatoms. The zero-order chi connectivity index (χ0) is 23.8. The Hall–Kier alpha value is -3.23. The van der Waals surface area contributed by atoms with Crippen LogP contribution in [0.25, 0.3) is 11.0 Å². The maximum Gasteiger partial charge on any atom is 0.416 e. The molecular formula is C23H16Cl2F3N3O2. The van der Waals surface area contributed by atoms with Gasteiger partial charge in [-0.3, -0.25) is 9.36 Å². The predicted molar refractivity (Wildman–Crippen MR) is 121 cm³/mol. The van der Waals surface area contributed by atoms with Gasteiger partial charge in [-0.2, -0.15) is 13.2 Å². The lowest BCUT2D eigenvalue weighted by Crippen LogP contribution is -2.24. The number of amides is 1. The number of aromatic nitrogens is 2. The molecule has 4 aromatic rings. The van der Waals surface area contributed by atoms with Crippen LogP contribution in [0.15, 0.2) is 65.5 Å². The third kappa shape index (κ3) is 4.91. The lowest BCUT2D eigenvalue weighted by Gasteiger charge is -2.13. The second kappa shape index (κ2) is 8.96. The zero-order valence-electron chi connectivity index (χ0n) is 16.8. The molecule has 0 aliphatic heterocycles. The minimum Gasteiger partial charge on any atom is -0.348 e. The first-order valence-corrected chi connectivity index (χ1v) is 10.5. The van der Waals surface area contributed by atoms with E-state index in [1.165, 1.54) is 34.9 Å². The highest BCUT2D eigenvalue weighted by molar-refractivity contribution is 6.42. The number of nitrogens with zero attached hydrogens (tertiary/aromatic N) is 1. The van der Waals surface area contributed by atoms with Crippen LogP contribution in [0.1, 0.15) is 27.0 Å². The highest BCUT2D eigenvalue weighted by Gasteiger charge is 2.32. The number of halogens is 5. The summed E-state index contributed by atoms with van der Waals surface area (Å²) in [4.78, 5) is 27.7. The quantitative estimate of drug-likeness (QED) is 0.378. The number of fused-ring (bicyclic) bond motifs is 1. The van der Waals surface area contributed by atoms with Crippen LogP contribution < -0.4 is 11.0 Å². The smallest absolute Gasteiger partial charge is 0.348 e. The fourth-order valence-electron chi connectivity index (χ4n) is 3.51. The number of H-pyrrole nitrogens is 1. The molecule has 3 aromatic carbocycles. The number of carbonyl (C=O) groups is 1. The summed E-state index contributed by atoms with van der Waals surface area (Å²) in [5, 5.41) is 3.27. The van der Waals surface area contributed by atoms with E-state index in [0.717, 1.165) is 11.6 Å². The molecule has 1 amide bonds. The maximum absolute atomic E-state index is 13.1. The Labute approximate surface area is 195 Å². The molecule has 1 aromatic heterocycles. The van der Waals surface area contributed by atoms with Gasteiger partial charge < -0.3 is 10.3 Å². The average Bonchev–Trinajstić information content (AvgIpc) is 3.08. The van der Waals surface area contributed by atoms with Gasteiger partial charge in [0, 0.05) is 12.1 Å². The Morgan fingerprint density at radius 3 is 2.48 bits per heavy atom. The van der Waals surface area contributed by atoms with E-state index in [0.29, 0.717) is 21.1 Å². The number of hydrogen-bond donors (Lipinski definition) is 2. The molecular weight excluding hydrogens is 478 g/mol. The number of alkyl halides is 3. The Morgan fingerprint density at radius 1 is 1.00 bits per heavy atom. The summed E-state index contributed by atoms with van der Waals surface area (Å²) in [6.07, 6.45) is -4.52. The van der Waals surface area contributed by atoms with Gasteiger partial charge in [-0.15, -0.1) is 0 Å². The van der Waals surface area contributed by atoms with Gasteiger partial charge in [-0.05, 0) is 47.5 Å². The molecule has 170 valence electrons. The molecule has 0 radical (unpaired) electrons. The Kier molecular flexibility index (Phi) is 6.23. The van der Waals surface area contributed by atoms with E-state index in [2.05, 4.69) is 10.3 Å². The van der Waals surface area contributed by atoms with Crippen molar-refractivity contribution in [2.75, 3.05) is 0 Å². The van der Waals surface area contributed by atoms with Gasteiger partial charge >= 0.3 is 11.9 Å². The molecule has 5 nitrogen and oxygen atoms in total. The number of rotatable bonds is 5. The van der Waals surface area contributed by atoms with E-state index in [4.69, 9.17) is 23.2 Å². The average molecular weight is 494 g/mol. The second-order valence-electron chi connectivity index (χ2n) is 7.33. The van der Waals surface area contributed by atoms with E-state index in [1.54, 1.807) is 24.3 Å². The highest BCUT2D eigenvalue weighted by Crippen LogP contribution is 2.31. The number of nitrogens with one attached hydrogen (secondary N) is 2. The van der Waals surface area contributed by atoms with Crippen molar-refractivity contribution in [3.63, 3.8) is 0 Å². The largest absolute Gasteiger partial charge is 0.416 e. The van der Waals surface area contributed by atoms with Gasteiger partial charge in [0.2, 0.25) is 0 Å². The lowest BCUT2D eigenvalue weighted by molar-refractivity contribution is -0.138. The minimum absolute atomic E-state index is 0.0411. The molecule has 0 saturated heterocycles. The van der Waals surface area contributed by atoms with Crippen molar-refractivity contribution in [2.45, 2.75) is 19.3 Å². The normalized spacial score (nSPS) is 11.7. The summed E-state index contributed by atoms with van der Waals surface area (Å²) in [7, 11) is 0. The third-order valence-corrected chi connectivity index (χ3v) is 5.86. The SMILES string of the molecule is O=C(NCc1ccccc1C(F)(F)F)c1ccc2c(c1)[nH]c(=O)n2Cc1ccc(Cl)c(Cl)c1. The van der Waals surface area contributed by atoms with Crippen molar-refractivity contribution < 1.29 is 18.0 Å². The number of imidazole rings is 1. The summed E-state index contributed by atoms with van der Waals surface area (Å²) in [6, 6.07) is 14.7. The summed E-state index contributed by atoms with van der Waals surface area (Å²) < 4.78 is 40.9. The fraction of sp³-hybridized carbons (Fsp3) is 0.130. The van der Waals surface area contributed by atoms with Crippen LogP contribution in [-0.4, -0.2) is 15.5 Å². The van der Waals surface area contributed by atoms with Crippen LogP contribution in [0.4, 0.5) is 13.2 Å². The first-order valence-electron chi connectivity index (χ1n) is 9.73. The van der Waals surface area contributed by atoms with Gasteiger partial charge in [0.25, 0.3) is 5.91 Å². The second-order valence-corrected chi connectivity index (χ2v) is 8.15. The maximum atomic E-state index is 13.1. The fourth-order valence-corrected chi connectivity index (χ4v) is 3.83. The van der Waals surface area contributed by atoms with Crippen LogP contribution >= 0.6 is 23.2 Å². The summed E-state index contributed by atoms with van der Waals surface area (Å²) >= 11 is 12.0. The monoisotopic (exact) mass is 493 g/mol. The third-order valence-electron chi connectivity index (χ3n) is 5.12. The number of carbonyl (C=O) groups excluding carboxylic acids is 1. The summed E-state index contributed by atoms with van der Waals surface area (Å²) in [5.41, 5.74) is 0.721. The van der Waals surface area contributed by atoms with Crippen LogP contribution in [0.3, 0.4) is 0 Å². The van der Waals surface area contributed by atoms with Crippen molar-refractivity contribution in [2.24, 2.45) is 0 Å².